The summed E-state index contributed by atoms with van der Waals surface area (Å²) in [5, 5.41) is 21.8. The van der Waals surface area contributed by atoms with Crippen molar-refractivity contribution in [3.8, 4) is 0 Å². The first kappa shape index (κ1) is 19.8. The molecule has 0 atom stereocenters. The Kier molecular flexibility index (Phi) is 5.74. The lowest BCUT2D eigenvalue weighted by Crippen LogP contribution is -2.15. The molecule has 9 nitrogen and oxygen atoms in total. The number of allylic oxidation sites excluding steroid dienone is 1. The van der Waals surface area contributed by atoms with Crippen molar-refractivity contribution in [3.05, 3.63) is 91.8 Å². The number of rotatable bonds is 6. The van der Waals surface area contributed by atoms with Crippen molar-refractivity contribution >= 4 is 44.9 Å². The molecule has 0 aliphatic heterocycles. The van der Waals surface area contributed by atoms with Gasteiger partial charge >= 0.3 is 0 Å². The molecule has 0 radical (unpaired) electrons. The van der Waals surface area contributed by atoms with E-state index in [0.717, 1.165) is 11.3 Å². The van der Waals surface area contributed by atoms with Gasteiger partial charge in [-0.2, -0.15) is 4.99 Å². The van der Waals surface area contributed by atoms with Crippen molar-refractivity contribution in [2.45, 2.75) is 6.54 Å². The summed E-state index contributed by atoms with van der Waals surface area (Å²) in [5.41, 5.74) is 1.07. The van der Waals surface area contributed by atoms with E-state index in [1.807, 2.05) is 0 Å². The zero-order valence-electron chi connectivity index (χ0n) is 14.9. The fourth-order valence-corrected chi connectivity index (χ4v) is 3.69. The highest BCUT2D eigenvalue weighted by atomic mass is 32.1. The van der Waals surface area contributed by atoms with Gasteiger partial charge in [-0.15, -0.1) is 6.58 Å². The SMILES string of the molecule is C=CCn1c(=NC(=O)C=Cc2cccc([N+](=O)[O-])c2)sc2cc([N+](=O)[O-])ccc21. The number of hydrogen-bond donors (Lipinski definition) is 0. The van der Waals surface area contributed by atoms with E-state index in [0.29, 0.717) is 27.1 Å². The van der Waals surface area contributed by atoms with Gasteiger partial charge < -0.3 is 4.57 Å². The molecule has 1 amide bonds. The molecule has 29 heavy (non-hydrogen) atoms. The lowest BCUT2D eigenvalue weighted by Gasteiger charge is -2.00. The largest absolute Gasteiger partial charge is 0.312 e. The molecular formula is C19H14N4O5S. The first-order chi connectivity index (χ1) is 13.9. The number of nitrogens with zero attached hydrogens (tertiary/aromatic N) is 4. The van der Waals surface area contributed by atoms with Crippen LogP contribution in [0.25, 0.3) is 16.3 Å². The van der Waals surface area contributed by atoms with Gasteiger partial charge in [-0.05, 0) is 17.7 Å². The topological polar surface area (TPSA) is 121 Å². The highest BCUT2D eigenvalue weighted by Crippen LogP contribution is 2.23. The molecule has 146 valence electrons. The molecule has 0 bridgehead atoms. The number of fused-ring (bicyclic) bond motifs is 1. The molecular weight excluding hydrogens is 396 g/mol. The van der Waals surface area contributed by atoms with E-state index >= 15 is 0 Å². The molecule has 0 unspecified atom stereocenters. The molecule has 0 spiro atoms. The summed E-state index contributed by atoms with van der Waals surface area (Å²) in [6, 6.07) is 10.3. The predicted octanol–water partition coefficient (Wildman–Crippen LogP) is 3.85. The molecule has 0 fully saturated rings. The number of carbonyl (C=O) groups is 1. The van der Waals surface area contributed by atoms with Gasteiger partial charge in [0, 0.05) is 36.9 Å². The van der Waals surface area contributed by atoms with Crippen LogP contribution in [-0.2, 0) is 11.3 Å². The molecule has 2 aromatic carbocycles. The number of nitro groups is 2. The highest BCUT2D eigenvalue weighted by Gasteiger charge is 2.12. The lowest BCUT2D eigenvalue weighted by molar-refractivity contribution is -0.385. The van der Waals surface area contributed by atoms with Gasteiger partial charge in [0.2, 0.25) is 0 Å². The maximum atomic E-state index is 12.3. The zero-order chi connectivity index (χ0) is 21.0. The standard InChI is InChI=1S/C19H14N4O5S/c1-2-10-21-16-8-7-15(23(27)28)12-17(16)29-19(21)20-18(24)9-6-13-4-3-5-14(11-13)22(25)26/h2-9,11-12H,1,10H2. The predicted molar refractivity (Wildman–Crippen MR) is 109 cm³/mol. The van der Waals surface area contributed by atoms with Crippen molar-refractivity contribution in [1.82, 2.24) is 4.57 Å². The molecule has 3 rings (SSSR count). The van der Waals surface area contributed by atoms with Gasteiger partial charge in [0.1, 0.15) is 0 Å². The van der Waals surface area contributed by atoms with E-state index in [1.54, 1.807) is 22.8 Å². The Morgan fingerprint density at radius 2 is 1.86 bits per heavy atom. The van der Waals surface area contributed by atoms with E-state index in [1.165, 1.54) is 42.5 Å². The summed E-state index contributed by atoms with van der Waals surface area (Å²) in [4.78, 5) is 37.5. The number of thiazole rings is 1. The summed E-state index contributed by atoms with van der Waals surface area (Å²) in [6.07, 6.45) is 4.29. The second-order valence-electron chi connectivity index (χ2n) is 5.83. The highest BCUT2D eigenvalue weighted by molar-refractivity contribution is 7.16. The second kappa shape index (κ2) is 8.40. The molecule has 0 N–H and O–H groups in total. The maximum absolute atomic E-state index is 12.3. The number of non-ortho nitro benzene ring substituents is 2. The Bertz CT molecular complexity index is 1240. The van der Waals surface area contributed by atoms with Crippen LogP contribution in [0.4, 0.5) is 11.4 Å². The number of aromatic nitrogens is 1. The van der Waals surface area contributed by atoms with Crippen molar-refractivity contribution in [2.24, 2.45) is 4.99 Å². The third-order valence-electron chi connectivity index (χ3n) is 3.89. The van der Waals surface area contributed by atoms with E-state index in [4.69, 9.17) is 0 Å². The average molecular weight is 410 g/mol. The minimum Gasteiger partial charge on any atom is -0.312 e. The third kappa shape index (κ3) is 4.50. The molecule has 1 heterocycles. The summed E-state index contributed by atoms with van der Waals surface area (Å²) in [7, 11) is 0. The first-order valence-electron chi connectivity index (χ1n) is 8.29. The third-order valence-corrected chi connectivity index (χ3v) is 4.94. The minimum absolute atomic E-state index is 0.0482. The van der Waals surface area contributed by atoms with Crippen molar-refractivity contribution < 1.29 is 14.6 Å². The van der Waals surface area contributed by atoms with Crippen molar-refractivity contribution in [2.75, 3.05) is 0 Å². The smallest absolute Gasteiger partial charge is 0.272 e. The number of benzene rings is 2. The Labute approximate surface area is 167 Å². The molecule has 0 saturated carbocycles. The Balaban J connectivity index is 1.97. The van der Waals surface area contributed by atoms with Crippen LogP contribution in [0, 0.1) is 20.2 Å². The fraction of sp³-hybridized carbons (Fsp3) is 0.0526. The van der Waals surface area contributed by atoms with Crippen LogP contribution >= 0.6 is 11.3 Å². The molecule has 1 aromatic heterocycles. The van der Waals surface area contributed by atoms with Crippen LogP contribution in [0.3, 0.4) is 0 Å². The molecule has 3 aromatic rings. The summed E-state index contributed by atoms with van der Waals surface area (Å²) in [5.74, 6) is -0.560. The van der Waals surface area contributed by atoms with E-state index < -0.39 is 15.8 Å². The van der Waals surface area contributed by atoms with E-state index in [9.17, 15) is 25.0 Å². The molecule has 0 saturated heterocycles. The Hall–Kier alpha value is -3.92. The Morgan fingerprint density at radius 1 is 1.14 bits per heavy atom. The number of carbonyl (C=O) groups excluding carboxylic acids is 1. The van der Waals surface area contributed by atoms with Gasteiger partial charge in [0.25, 0.3) is 17.3 Å². The number of nitro benzene ring substituents is 2. The Morgan fingerprint density at radius 3 is 2.55 bits per heavy atom. The summed E-state index contributed by atoms with van der Waals surface area (Å²) >= 11 is 1.15. The van der Waals surface area contributed by atoms with Gasteiger partial charge in [0.05, 0.1) is 20.1 Å². The van der Waals surface area contributed by atoms with E-state index in [-0.39, 0.29) is 11.4 Å². The first-order valence-corrected chi connectivity index (χ1v) is 9.10. The van der Waals surface area contributed by atoms with Gasteiger partial charge in [-0.1, -0.05) is 29.5 Å². The van der Waals surface area contributed by atoms with Gasteiger partial charge in [-0.3, -0.25) is 25.0 Å². The quantitative estimate of drug-likeness (QED) is 0.264. The van der Waals surface area contributed by atoms with Gasteiger partial charge in [-0.25, -0.2) is 0 Å². The maximum Gasteiger partial charge on any atom is 0.272 e. The van der Waals surface area contributed by atoms with Crippen LogP contribution in [0.15, 0.2) is 66.2 Å². The average Bonchev–Trinajstić information content (AvgIpc) is 3.03. The van der Waals surface area contributed by atoms with E-state index in [2.05, 4.69) is 11.6 Å². The van der Waals surface area contributed by atoms with Crippen LogP contribution in [0.5, 0.6) is 0 Å². The number of amides is 1. The summed E-state index contributed by atoms with van der Waals surface area (Å²) in [6.45, 7) is 4.06. The van der Waals surface area contributed by atoms with Crippen LogP contribution in [0.1, 0.15) is 5.56 Å². The monoisotopic (exact) mass is 410 g/mol. The molecule has 0 aliphatic rings. The minimum atomic E-state index is -0.560. The fourth-order valence-electron chi connectivity index (χ4n) is 2.61. The zero-order valence-corrected chi connectivity index (χ0v) is 15.7. The van der Waals surface area contributed by atoms with Crippen LogP contribution < -0.4 is 4.80 Å². The van der Waals surface area contributed by atoms with Crippen LogP contribution in [0.2, 0.25) is 0 Å². The van der Waals surface area contributed by atoms with Crippen LogP contribution in [-0.4, -0.2) is 20.3 Å². The summed E-state index contributed by atoms with van der Waals surface area (Å²) < 4.78 is 2.35. The second-order valence-corrected chi connectivity index (χ2v) is 6.84. The van der Waals surface area contributed by atoms with Gasteiger partial charge in [0.15, 0.2) is 4.80 Å². The lowest BCUT2D eigenvalue weighted by atomic mass is 10.2. The molecule has 0 aliphatic carbocycles. The molecule has 10 heteroatoms. The van der Waals surface area contributed by atoms with Crippen molar-refractivity contribution in [3.63, 3.8) is 0 Å². The number of hydrogen-bond acceptors (Lipinski definition) is 6. The normalized spacial score (nSPS) is 11.8. The van der Waals surface area contributed by atoms with Crippen molar-refractivity contribution in [1.29, 1.82) is 0 Å².